The van der Waals surface area contributed by atoms with Crippen molar-refractivity contribution in [1.29, 1.82) is 0 Å². The van der Waals surface area contributed by atoms with Crippen molar-refractivity contribution in [2.24, 2.45) is 5.92 Å². The highest BCUT2D eigenvalue weighted by atomic mass is 15.2. The Bertz CT molecular complexity index is 471. The summed E-state index contributed by atoms with van der Waals surface area (Å²) < 4.78 is 0. The maximum Gasteiger partial charge on any atom is 0.00504 e. The molecule has 0 spiro atoms. The summed E-state index contributed by atoms with van der Waals surface area (Å²) in [5.74, 6) is 1.67. The molecule has 1 unspecified atom stereocenters. The minimum absolute atomic E-state index is 0.719. The van der Waals surface area contributed by atoms with E-state index >= 15 is 0 Å². The second-order valence-electron chi connectivity index (χ2n) is 8.08. The molecule has 2 nitrogen and oxygen atoms in total. The van der Waals surface area contributed by atoms with E-state index in [1.54, 1.807) is 5.56 Å². The van der Waals surface area contributed by atoms with Gasteiger partial charge >= 0.3 is 0 Å². The van der Waals surface area contributed by atoms with Crippen molar-refractivity contribution in [1.82, 2.24) is 9.80 Å². The minimum atomic E-state index is 0.719. The number of benzene rings is 1. The molecule has 0 saturated carbocycles. The highest BCUT2D eigenvalue weighted by Gasteiger charge is 2.26. The van der Waals surface area contributed by atoms with Gasteiger partial charge in [-0.1, -0.05) is 29.8 Å². The van der Waals surface area contributed by atoms with Crippen LogP contribution < -0.4 is 0 Å². The third kappa shape index (κ3) is 4.58. The summed E-state index contributed by atoms with van der Waals surface area (Å²) in [5.41, 5.74) is 2.92. The topological polar surface area (TPSA) is 6.48 Å². The number of hydrogen-bond donors (Lipinski definition) is 0. The van der Waals surface area contributed by atoms with Gasteiger partial charge in [-0.05, 0) is 83.5 Å². The lowest BCUT2D eigenvalue weighted by Crippen LogP contribution is -2.43. The van der Waals surface area contributed by atoms with Crippen LogP contribution in [0.2, 0.25) is 0 Å². The van der Waals surface area contributed by atoms with E-state index in [2.05, 4.69) is 54.8 Å². The van der Waals surface area contributed by atoms with Crippen LogP contribution >= 0.6 is 0 Å². The number of piperidine rings is 2. The van der Waals surface area contributed by atoms with Crippen LogP contribution in [-0.2, 0) is 0 Å². The van der Waals surface area contributed by atoms with Crippen LogP contribution in [0.5, 0.6) is 0 Å². The van der Waals surface area contributed by atoms with Crippen molar-refractivity contribution < 1.29 is 0 Å². The molecule has 0 radical (unpaired) electrons. The lowest BCUT2D eigenvalue weighted by atomic mass is 9.88. The van der Waals surface area contributed by atoms with Crippen molar-refractivity contribution in [3.05, 3.63) is 35.4 Å². The summed E-state index contributed by atoms with van der Waals surface area (Å²) in [4.78, 5) is 5.39. The second-order valence-corrected chi connectivity index (χ2v) is 8.08. The van der Waals surface area contributed by atoms with Gasteiger partial charge in [0.05, 0.1) is 0 Å². The molecule has 0 amide bonds. The van der Waals surface area contributed by atoms with E-state index in [4.69, 9.17) is 0 Å². The predicted octanol–water partition coefficient (Wildman–Crippen LogP) is 4.29. The van der Waals surface area contributed by atoms with Crippen LogP contribution in [0, 0.1) is 12.8 Å². The highest BCUT2D eigenvalue weighted by molar-refractivity contribution is 5.25. The molecule has 0 aromatic heterocycles. The van der Waals surface area contributed by atoms with Crippen molar-refractivity contribution in [2.75, 3.05) is 32.7 Å². The molecule has 1 aromatic rings. The lowest BCUT2D eigenvalue weighted by Gasteiger charge is -2.39. The Morgan fingerprint density at radius 1 is 1.00 bits per heavy atom. The van der Waals surface area contributed by atoms with Gasteiger partial charge in [-0.2, -0.15) is 0 Å². The fourth-order valence-electron chi connectivity index (χ4n) is 4.35. The molecule has 0 aliphatic carbocycles. The summed E-state index contributed by atoms with van der Waals surface area (Å²) in [6.07, 6.45) is 5.52. The fourth-order valence-corrected chi connectivity index (χ4v) is 4.35. The van der Waals surface area contributed by atoms with Crippen LogP contribution in [0.3, 0.4) is 0 Å². The highest BCUT2D eigenvalue weighted by Crippen LogP contribution is 2.29. The van der Waals surface area contributed by atoms with Gasteiger partial charge < -0.3 is 9.80 Å². The van der Waals surface area contributed by atoms with Gasteiger partial charge in [-0.25, -0.2) is 0 Å². The molecule has 2 heterocycles. The molecule has 23 heavy (non-hydrogen) atoms. The summed E-state index contributed by atoms with van der Waals surface area (Å²) in [5, 5.41) is 0. The molecule has 128 valence electrons. The Kier molecular flexibility index (Phi) is 5.76. The standard InChI is InChI=1S/C21H34N2/c1-17(2)23-13-10-19(11-14-23)15-22-12-4-5-21(16-22)20-8-6-18(3)7-9-20/h6-9,17,19,21H,4-5,10-16H2,1-3H3. The van der Waals surface area contributed by atoms with Gasteiger partial charge in [0.2, 0.25) is 0 Å². The Morgan fingerprint density at radius 3 is 2.35 bits per heavy atom. The fraction of sp³-hybridized carbons (Fsp3) is 0.714. The molecule has 0 N–H and O–H groups in total. The third-order valence-electron chi connectivity index (χ3n) is 5.95. The SMILES string of the molecule is Cc1ccc(C2CCCN(CC3CCN(C(C)C)CC3)C2)cc1. The normalized spacial score (nSPS) is 25.1. The first kappa shape index (κ1) is 17.0. The van der Waals surface area contributed by atoms with Crippen LogP contribution in [0.15, 0.2) is 24.3 Å². The molecule has 1 atom stereocenters. The van der Waals surface area contributed by atoms with Crippen molar-refractivity contribution in [2.45, 2.75) is 58.4 Å². The maximum absolute atomic E-state index is 2.75. The summed E-state index contributed by atoms with van der Waals surface area (Å²) in [6.45, 7) is 13.4. The van der Waals surface area contributed by atoms with E-state index in [1.165, 1.54) is 64.0 Å². The van der Waals surface area contributed by atoms with E-state index in [9.17, 15) is 0 Å². The number of nitrogens with zero attached hydrogens (tertiary/aromatic N) is 2. The zero-order valence-electron chi connectivity index (χ0n) is 15.3. The Morgan fingerprint density at radius 2 is 1.70 bits per heavy atom. The molecular weight excluding hydrogens is 280 g/mol. The van der Waals surface area contributed by atoms with Crippen LogP contribution in [0.25, 0.3) is 0 Å². The average Bonchev–Trinajstić information content (AvgIpc) is 2.56. The first-order chi connectivity index (χ1) is 11.1. The minimum Gasteiger partial charge on any atom is -0.302 e. The van der Waals surface area contributed by atoms with E-state index < -0.39 is 0 Å². The zero-order valence-corrected chi connectivity index (χ0v) is 15.3. The summed E-state index contributed by atoms with van der Waals surface area (Å²) in [6, 6.07) is 9.97. The predicted molar refractivity (Wildman–Crippen MR) is 99.0 cm³/mol. The third-order valence-corrected chi connectivity index (χ3v) is 5.95. The van der Waals surface area contributed by atoms with E-state index in [0.717, 1.165) is 17.9 Å². The maximum atomic E-state index is 2.75. The van der Waals surface area contributed by atoms with Gasteiger partial charge in [0.15, 0.2) is 0 Å². The van der Waals surface area contributed by atoms with Gasteiger partial charge in [0.1, 0.15) is 0 Å². The average molecular weight is 315 g/mol. The zero-order chi connectivity index (χ0) is 16.2. The van der Waals surface area contributed by atoms with Crippen LogP contribution in [0.1, 0.15) is 56.6 Å². The molecule has 0 bridgehead atoms. The first-order valence-electron chi connectivity index (χ1n) is 9.65. The van der Waals surface area contributed by atoms with Crippen molar-refractivity contribution >= 4 is 0 Å². The first-order valence-corrected chi connectivity index (χ1v) is 9.65. The van der Waals surface area contributed by atoms with Gasteiger partial charge in [0, 0.05) is 19.1 Å². The van der Waals surface area contributed by atoms with Gasteiger partial charge in [-0.15, -0.1) is 0 Å². The number of likely N-dealkylation sites (tertiary alicyclic amines) is 2. The van der Waals surface area contributed by atoms with E-state index in [0.29, 0.717) is 0 Å². The number of hydrogen-bond acceptors (Lipinski definition) is 2. The molecule has 2 saturated heterocycles. The van der Waals surface area contributed by atoms with E-state index in [1.807, 2.05) is 0 Å². The van der Waals surface area contributed by atoms with Crippen LogP contribution in [-0.4, -0.2) is 48.6 Å². The Labute approximate surface area is 142 Å². The number of aryl methyl sites for hydroxylation is 1. The molecular formula is C21H34N2. The van der Waals surface area contributed by atoms with Crippen molar-refractivity contribution in [3.63, 3.8) is 0 Å². The molecule has 2 aliphatic rings. The van der Waals surface area contributed by atoms with Gasteiger partial charge in [0.25, 0.3) is 0 Å². The second kappa shape index (κ2) is 7.81. The molecule has 2 aliphatic heterocycles. The number of rotatable bonds is 4. The lowest BCUT2D eigenvalue weighted by molar-refractivity contribution is 0.109. The summed E-state index contributed by atoms with van der Waals surface area (Å²) >= 11 is 0. The molecule has 3 rings (SSSR count). The molecule has 2 heteroatoms. The van der Waals surface area contributed by atoms with E-state index in [-0.39, 0.29) is 0 Å². The smallest absolute Gasteiger partial charge is 0.00504 e. The summed E-state index contributed by atoms with van der Waals surface area (Å²) in [7, 11) is 0. The van der Waals surface area contributed by atoms with Gasteiger partial charge in [-0.3, -0.25) is 0 Å². The quantitative estimate of drug-likeness (QED) is 0.818. The monoisotopic (exact) mass is 314 g/mol. The molecule has 1 aromatic carbocycles. The molecule has 2 fully saturated rings. The Balaban J connectivity index is 1.50. The largest absolute Gasteiger partial charge is 0.302 e. The van der Waals surface area contributed by atoms with Crippen molar-refractivity contribution in [3.8, 4) is 0 Å². The Hall–Kier alpha value is -0.860. The van der Waals surface area contributed by atoms with Crippen LogP contribution in [0.4, 0.5) is 0 Å².